The second kappa shape index (κ2) is 4.65. The summed E-state index contributed by atoms with van der Waals surface area (Å²) in [5, 5.41) is 2.82. The van der Waals surface area contributed by atoms with Crippen molar-refractivity contribution in [3.8, 4) is 0 Å². The number of benzene rings is 1. The van der Waals surface area contributed by atoms with Crippen LogP contribution in [-0.4, -0.2) is 15.0 Å². The van der Waals surface area contributed by atoms with Crippen LogP contribution in [0.5, 0.6) is 0 Å². The molecule has 0 saturated heterocycles. The normalized spacial score (nSPS) is 11.8. The summed E-state index contributed by atoms with van der Waals surface area (Å²) in [7, 11) is 0. The van der Waals surface area contributed by atoms with Crippen molar-refractivity contribution in [1.29, 1.82) is 0 Å². The molecule has 0 fully saturated rings. The van der Waals surface area contributed by atoms with Crippen molar-refractivity contribution in [2.45, 2.75) is 6.18 Å². The van der Waals surface area contributed by atoms with Gasteiger partial charge in [0.1, 0.15) is 0 Å². The van der Waals surface area contributed by atoms with E-state index in [1.165, 1.54) is 18.3 Å². The first-order valence-corrected chi connectivity index (χ1v) is 5.94. The van der Waals surface area contributed by atoms with Crippen LogP contribution in [0, 0.1) is 0 Å². The highest BCUT2D eigenvalue weighted by Gasteiger charge is 2.30. The number of aromatic amines is 2. The van der Waals surface area contributed by atoms with Crippen LogP contribution in [0.25, 0.3) is 11.2 Å². The van der Waals surface area contributed by atoms with Crippen LogP contribution < -0.4 is 11.0 Å². The Balaban J connectivity index is 1.92. The number of alkyl halides is 3. The van der Waals surface area contributed by atoms with Crippen molar-refractivity contribution in [2.75, 3.05) is 5.32 Å². The van der Waals surface area contributed by atoms with E-state index in [1.54, 1.807) is 6.07 Å². The van der Waals surface area contributed by atoms with Gasteiger partial charge >= 0.3 is 11.9 Å². The molecule has 108 valence electrons. The zero-order chi connectivity index (χ0) is 15.0. The molecule has 8 heteroatoms. The van der Waals surface area contributed by atoms with Gasteiger partial charge in [-0.25, -0.2) is 9.78 Å². The first kappa shape index (κ1) is 13.2. The summed E-state index contributed by atoms with van der Waals surface area (Å²) in [5.41, 5.74) is 0.470. The summed E-state index contributed by atoms with van der Waals surface area (Å²) >= 11 is 0. The van der Waals surface area contributed by atoms with Gasteiger partial charge in [-0.05, 0) is 24.3 Å². The molecule has 2 aromatic heterocycles. The molecule has 3 aromatic rings. The minimum absolute atomic E-state index is 0.281. The quantitative estimate of drug-likeness (QED) is 0.680. The molecule has 0 atom stereocenters. The Morgan fingerprint density at radius 1 is 1.10 bits per heavy atom. The maximum absolute atomic E-state index is 12.6. The molecular weight excluding hydrogens is 285 g/mol. The molecule has 0 unspecified atom stereocenters. The second-order valence-electron chi connectivity index (χ2n) is 4.40. The van der Waals surface area contributed by atoms with E-state index in [1.807, 2.05) is 0 Å². The number of imidazole rings is 1. The van der Waals surface area contributed by atoms with Crippen LogP contribution in [0.3, 0.4) is 0 Å². The van der Waals surface area contributed by atoms with E-state index in [4.69, 9.17) is 0 Å². The zero-order valence-corrected chi connectivity index (χ0v) is 10.5. The number of aromatic nitrogens is 3. The van der Waals surface area contributed by atoms with E-state index in [-0.39, 0.29) is 5.69 Å². The van der Waals surface area contributed by atoms with Crippen LogP contribution in [-0.2, 0) is 6.18 Å². The lowest BCUT2D eigenvalue weighted by Gasteiger charge is -2.10. The highest BCUT2D eigenvalue weighted by atomic mass is 19.4. The molecule has 0 amide bonds. The highest BCUT2D eigenvalue weighted by Crippen LogP contribution is 2.31. The number of fused-ring (bicyclic) bond motifs is 1. The summed E-state index contributed by atoms with van der Waals surface area (Å²) in [5.74, 6) is 0. The minimum Gasteiger partial charge on any atom is -0.354 e. The summed E-state index contributed by atoms with van der Waals surface area (Å²) in [6, 6.07) is 6.41. The maximum atomic E-state index is 12.6. The molecule has 0 aliphatic carbocycles. The third-order valence-electron chi connectivity index (χ3n) is 2.85. The average Bonchev–Trinajstić information content (AvgIpc) is 2.77. The van der Waals surface area contributed by atoms with Gasteiger partial charge < -0.3 is 10.3 Å². The molecule has 0 spiro atoms. The number of pyridine rings is 1. The van der Waals surface area contributed by atoms with E-state index >= 15 is 0 Å². The third kappa shape index (κ3) is 2.73. The standard InChI is InChI=1S/C13H9F3N4O/c14-13(15,16)7-2-1-3-8(4-7)18-9-5-10-11(17-6-9)20-12(21)19-10/h1-6,18H,(H2,17,19,20,21). The smallest absolute Gasteiger partial charge is 0.354 e. The fraction of sp³-hybridized carbons (Fsp3) is 0.0769. The molecule has 3 N–H and O–H groups in total. The molecule has 0 bridgehead atoms. The third-order valence-corrected chi connectivity index (χ3v) is 2.85. The van der Waals surface area contributed by atoms with Crippen molar-refractivity contribution in [2.24, 2.45) is 0 Å². The lowest BCUT2D eigenvalue weighted by molar-refractivity contribution is -0.137. The number of H-pyrrole nitrogens is 2. The first-order chi connectivity index (χ1) is 9.91. The van der Waals surface area contributed by atoms with Crippen molar-refractivity contribution in [3.05, 3.63) is 52.6 Å². The number of nitrogens with one attached hydrogen (secondary N) is 3. The Labute approximate surface area is 115 Å². The first-order valence-electron chi connectivity index (χ1n) is 5.94. The van der Waals surface area contributed by atoms with Gasteiger partial charge in [0.05, 0.1) is 23.0 Å². The summed E-state index contributed by atoms with van der Waals surface area (Å²) in [6.45, 7) is 0. The molecule has 0 saturated carbocycles. The van der Waals surface area contributed by atoms with Gasteiger partial charge in [0.25, 0.3) is 0 Å². The van der Waals surface area contributed by atoms with Gasteiger partial charge in [0.2, 0.25) is 0 Å². The van der Waals surface area contributed by atoms with Crippen LogP contribution in [0.15, 0.2) is 41.3 Å². The van der Waals surface area contributed by atoms with Crippen molar-refractivity contribution in [3.63, 3.8) is 0 Å². The molecular formula is C13H9F3N4O. The topological polar surface area (TPSA) is 73.6 Å². The number of halogens is 3. The molecule has 0 radical (unpaired) electrons. The van der Waals surface area contributed by atoms with Crippen LogP contribution in [0.1, 0.15) is 5.56 Å². The summed E-state index contributed by atoms with van der Waals surface area (Å²) in [6.07, 6.45) is -2.97. The van der Waals surface area contributed by atoms with Crippen molar-refractivity contribution in [1.82, 2.24) is 15.0 Å². The van der Waals surface area contributed by atoms with Gasteiger partial charge in [-0.1, -0.05) is 6.07 Å². The molecule has 5 nitrogen and oxygen atoms in total. The Morgan fingerprint density at radius 2 is 1.90 bits per heavy atom. The summed E-state index contributed by atoms with van der Waals surface area (Å²) in [4.78, 5) is 20.1. The fourth-order valence-corrected chi connectivity index (χ4v) is 1.93. The van der Waals surface area contributed by atoms with Crippen molar-refractivity contribution >= 4 is 22.5 Å². The summed E-state index contributed by atoms with van der Waals surface area (Å²) < 4.78 is 37.9. The van der Waals surface area contributed by atoms with Gasteiger partial charge in [0.15, 0.2) is 5.65 Å². The number of hydrogen-bond donors (Lipinski definition) is 3. The van der Waals surface area contributed by atoms with E-state index in [0.29, 0.717) is 16.9 Å². The second-order valence-corrected chi connectivity index (χ2v) is 4.40. The number of rotatable bonds is 2. The van der Waals surface area contributed by atoms with Crippen LogP contribution in [0.4, 0.5) is 24.5 Å². The van der Waals surface area contributed by atoms with Gasteiger partial charge in [-0.15, -0.1) is 0 Å². The predicted molar refractivity (Wildman–Crippen MR) is 71.4 cm³/mol. The average molecular weight is 294 g/mol. The molecule has 2 heterocycles. The Morgan fingerprint density at radius 3 is 2.67 bits per heavy atom. The van der Waals surface area contributed by atoms with Gasteiger partial charge in [0, 0.05) is 5.69 Å². The Bertz CT molecular complexity index is 850. The Kier molecular flexibility index (Phi) is 2.93. The number of nitrogens with zero attached hydrogens (tertiary/aromatic N) is 1. The SMILES string of the molecule is O=c1[nH]c2cc(Nc3cccc(C(F)(F)F)c3)cnc2[nH]1. The van der Waals surface area contributed by atoms with Crippen LogP contribution >= 0.6 is 0 Å². The van der Waals surface area contributed by atoms with Gasteiger partial charge in [-0.3, -0.25) is 4.98 Å². The fourth-order valence-electron chi connectivity index (χ4n) is 1.93. The predicted octanol–water partition coefficient (Wildman–Crippen LogP) is 3.01. The van der Waals surface area contributed by atoms with E-state index in [9.17, 15) is 18.0 Å². The minimum atomic E-state index is -4.40. The van der Waals surface area contributed by atoms with E-state index < -0.39 is 17.4 Å². The monoisotopic (exact) mass is 294 g/mol. The van der Waals surface area contributed by atoms with E-state index in [0.717, 1.165) is 12.1 Å². The molecule has 1 aromatic carbocycles. The van der Waals surface area contributed by atoms with Gasteiger partial charge in [-0.2, -0.15) is 13.2 Å². The maximum Gasteiger partial charge on any atom is 0.416 e. The molecule has 21 heavy (non-hydrogen) atoms. The molecule has 0 aliphatic heterocycles. The Hall–Kier alpha value is -2.77. The lowest BCUT2D eigenvalue weighted by atomic mass is 10.2. The van der Waals surface area contributed by atoms with Crippen LogP contribution in [0.2, 0.25) is 0 Å². The highest BCUT2D eigenvalue weighted by molar-refractivity contribution is 5.75. The lowest BCUT2D eigenvalue weighted by Crippen LogP contribution is -2.05. The largest absolute Gasteiger partial charge is 0.416 e. The van der Waals surface area contributed by atoms with Crippen molar-refractivity contribution < 1.29 is 13.2 Å². The zero-order valence-electron chi connectivity index (χ0n) is 10.5. The van der Waals surface area contributed by atoms with E-state index in [2.05, 4.69) is 20.3 Å². The number of anilines is 2. The molecule has 3 rings (SSSR count). The number of hydrogen-bond acceptors (Lipinski definition) is 3. The molecule has 0 aliphatic rings.